The molecule has 4 rings (SSSR count). The van der Waals surface area contributed by atoms with Crippen molar-refractivity contribution in [3.63, 3.8) is 0 Å². The first-order chi connectivity index (χ1) is 14.5. The van der Waals surface area contributed by atoms with E-state index in [1.165, 1.54) is 6.21 Å². The van der Waals surface area contributed by atoms with E-state index in [9.17, 15) is 10.1 Å². The second-order valence-corrected chi connectivity index (χ2v) is 8.46. The molecule has 2 fully saturated rings. The Labute approximate surface area is 175 Å². The molecule has 0 bridgehead atoms. The van der Waals surface area contributed by atoms with Crippen LogP contribution in [0.2, 0.25) is 0 Å². The van der Waals surface area contributed by atoms with E-state index in [-0.39, 0.29) is 17.9 Å². The summed E-state index contributed by atoms with van der Waals surface area (Å²) in [6, 6.07) is 8.12. The number of carbonyl (C=O) groups excluding carboxylic acids is 1. The summed E-state index contributed by atoms with van der Waals surface area (Å²) in [6.07, 6.45) is 4.19. The van der Waals surface area contributed by atoms with Crippen LogP contribution < -0.4 is 5.32 Å². The van der Waals surface area contributed by atoms with E-state index in [0.717, 1.165) is 29.7 Å². The van der Waals surface area contributed by atoms with Crippen molar-refractivity contribution >= 4 is 17.8 Å². The first kappa shape index (κ1) is 20.1. The Hall–Kier alpha value is -3.21. The summed E-state index contributed by atoms with van der Waals surface area (Å²) in [7, 11) is 0. The smallest absolute Gasteiger partial charge is 0.243 e. The van der Waals surface area contributed by atoms with Gasteiger partial charge in [0.15, 0.2) is 0 Å². The number of rotatable bonds is 6. The van der Waals surface area contributed by atoms with E-state index < -0.39 is 5.41 Å². The highest BCUT2D eigenvalue weighted by molar-refractivity contribution is 5.88. The lowest BCUT2D eigenvalue weighted by Crippen LogP contribution is -2.41. The Morgan fingerprint density at radius 3 is 2.73 bits per heavy atom. The number of benzene rings is 1. The average molecular weight is 406 g/mol. The van der Waals surface area contributed by atoms with Gasteiger partial charge in [0.2, 0.25) is 17.6 Å². The maximum absolute atomic E-state index is 12.5. The van der Waals surface area contributed by atoms with Crippen LogP contribution in [0.5, 0.6) is 0 Å². The third-order valence-corrected chi connectivity index (χ3v) is 5.86. The van der Waals surface area contributed by atoms with Gasteiger partial charge in [-0.2, -0.15) is 10.2 Å². The van der Waals surface area contributed by atoms with Crippen LogP contribution in [-0.4, -0.2) is 46.3 Å². The zero-order valence-electron chi connectivity index (χ0n) is 17.3. The molecule has 2 heterocycles. The van der Waals surface area contributed by atoms with Crippen LogP contribution in [0.1, 0.15) is 56.9 Å². The van der Waals surface area contributed by atoms with Gasteiger partial charge in [-0.15, -0.1) is 0 Å². The lowest BCUT2D eigenvalue weighted by molar-refractivity contribution is -0.136. The molecule has 8 heteroatoms. The lowest BCUT2D eigenvalue weighted by Gasteiger charge is -2.31. The number of likely N-dealkylation sites (tertiary alicyclic amines) is 1. The van der Waals surface area contributed by atoms with Gasteiger partial charge >= 0.3 is 0 Å². The molecule has 1 amide bonds. The van der Waals surface area contributed by atoms with Gasteiger partial charge in [0.05, 0.1) is 6.07 Å². The molecule has 1 saturated carbocycles. The highest BCUT2D eigenvalue weighted by Gasteiger charge is 2.52. The number of carbonyl (C=O) groups is 1. The summed E-state index contributed by atoms with van der Waals surface area (Å²) in [6.45, 7) is 5.32. The first-order valence-electron chi connectivity index (χ1n) is 10.4. The molecule has 2 aromatic rings. The molecule has 2 aliphatic rings. The van der Waals surface area contributed by atoms with Crippen molar-refractivity contribution in [2.24, 2.45) is 5.41 Å². The SMILES string of the molecule is CC(C)Nc1cc(-c2noc(C3CCN(C(=O)C4(C#N)CC4)CC3)n2)ccc1C=N. The third-order valence-electron chi connectivity index (χ3n) is 5.86. The molecule has 0 unspecified atom stereocenters. The number of nitrogens with one attached hydrogen (secondary N) is 2. The highest BCUT2D eigenvalue weighted by Crippen LogP contribution is 2.47. The Bertz CT molecular complexity index is 993. The van der Waals surface area contributed by atoms with Crippen molar-refractivity contribution < 1.29 is 9.32 Å². The summed E-state index contributed by atoms with van der Waals surface area (Å²) in [4.78, 5) is 19.0. The van der Waals surface area contributed by atoms with Crippen LogP contribution in [0.4, 0.5) is 5.69 Å². The largest absolute Gasteiger partial charge is 0.382 e. The second-order valence-electron chi connectivity index (χ2n) is 8.46. The summed E-state index contributed by atoms with van der Waals surface area (Å²) in [5, 5.41) is 24.3. The van der Waals surface area contributed by atoms with Crippen molar-refractivity contribution in [3.8, 4) is 17.5 Å². The van der Waals surface area contributed by atoms with Crippen LogP contribution in [-0.2, 0) is 4.79 Å². The molecule has 2 N–H and O–H groups in total. The highest BCUT2D eigenvalue weighted by atomic mass is 16.5. The topological polar surface area (TPSA) is 119 Å². The predicted molar refractivity (Wildman–Crippen MR) is 112 cm³/mol. The summed E-state index contributed by atoms with van der Waals surface area (Å²) in [5.41, 5.74) is 1.74. The Morgan fingerprint density at radius 1 is 1.40 bits per heavy atom. The van der Waals surface area contributed by atoms with Gasteiger partial charge in [0.25, 0.3) is 0 Å². The zero-order valence-corrected chi connectivity index (χ0v) is 17.3. The molecule has 8 nitrogen and oxygen atoms in total. The fourth-order valence-corrected chi connectivity index (χ4v) is 3.91. The minimum Gasteiger partial charge on any atom is -0.382 e. The number of anilines is 1. The number of nitrogens with zero attached hydrogens (tertiary/aromatic N) is 4. The molecule has 0 spiro atoms. The van der Waals surface area contributed by atoms with Crippen LogP contribution in [0.15, 0.2) is 22.7 Å². The molecule has 0 radical (unpaired) electrons. The van der Waals surface area contributed by atoms with Crippen LogP contribution in [0.3, 0.4) is 0 Å². The monoisotopic (exact) mass is 406 g/mol. The normalized spacial score (nSPS) is 18.1. The quantitative estimate of drug-likeness (QED) is 0.708. The summed E-state index contributed by atoms with van der Waals surface area (Å²) >= 11 is 0. The van der Waals surface area contributed by atoms with E-state index >= 15 is 0 Å². The van der Waals surface area contributed by atoms with Crippen molar-refractivity contribution in [1.82, 2.24) is 15.0 Å². The number of amides is 1. The van der Waals surface area contributed by atoms with Crippen molar-refractivity contribution in [3.05, 3.63) is 29.7 Å². The standard InChI is InChI=1S/C22H26N6O2/c1-14(2)25-18-11-16(3-4-17(18)12-23)19-26-20(30-27-19)15-5-9-28(10-6-15)21(29)22(13-24)7-8-22/h3-4,11-12,14-15,23,25H,5-10H2,1-2H3. The minimum atomic E-state index is -0.755. The fourth-order valence-electron chi connectivity index (χ4n) is 3.91. The fraction of sp³-hybridized carbons (Fsp3) is 0.500. The van der Waals surface area contributed by atoms with Gasteiger partial charge in [-0.1, -0.05) is 17.3 Å². The Morgan fingerprint density at radius 2 is 2.13 bits per heavy atom. The van der Waals surface area contributed by atoms with Gasteiger partial charge < -0.3 is 20.1 Å². The Kier molecular flexibility index (Phi) is 5.29. The maximum atomic E-state index is 12.5. The minimum absolute atomic E-state index is 0.0221. The Balaban J connectivity index is 1.44. The van der Waals surface area contributed by atoms with Gasteiger partial charge in [0.1, 0.15) is 5.41 Å². The molecule has 156 valence electrons. The molecular weight excluding hydrogens is 380 g/mol. The van der Waals surface area contributed by atoms with Crippen LogP contribution in [0, 0.1) is 22.2 Å². The van der Waals surface area contributed by atoms with Crippen molar-refractivity contribution in [1.29, 1.82) is 10.7 Å². The summed E-state index contributed by atoms with van der Waals surface area (Å²) in [5.74, 6) is 1.20. The molecular formula is C22H26N6O2. The van der Waals surface area contributed by atoms with E-state index in [1.807, 2.05) is 36.9 Å². The third kappa shape index (κ3) is 3.80. The van der Waals surface area contributed by atoms with Crippen molar-refractivity contribution in [2.45, 2.75) is 51.5 Å². The second kappa shape index (κ2) is 7.90. The lowest BCUT2D eigenvalue weighted by atomic mass is 9.95. The van der Waals surface area contributed by atoms with Crippen LogP contribution in [0.25, 0.3) is 11.4 Å². The zero-order chi connectivity index (χ0) is 21.3. The van der Waals surface area contributed by atoms with Crippen molar-refractivity contribution in [2.75, 3.05) is 18.4 Å². The van der Waals surface area contributed by atoms with Gasteiger partial charge in [-0.05, 0) is 45.6 Å². The first-order valence-corrected chi connectivity index (χ1v) is 10.4. The number of nitriles is 1. The molecule has 1 aliphatic carbocycles. The van der Waals surface area contributed by atoms with E-state index in [0.29, 0.717) is 37.6 Å². The molecule has 1 aromatic carbocycles. The summed E-state index contributed by atoms with van der Waals surface area (Å²) < 4.78 is 5.55. The number of hydrogen-bond donors (Lipinski definition) is 2. The van der Waals surface area contributed by atoms with E-state index in [4.69, 9.17) is 9.93 Å². The number of hydrogen-bond acceptors (Lipinski definition) is 7. The molecule has 0 atom stereocenters. The van der Waals surface area contributed by atoms with E-state index in [1.54, 1.807) is 0 Å². The molecule has 1 aromatic heterocycles. The van der Waals surface area contributed by atoms with Gasteiger partial charge in [-0.25, -0.2) is 0 Å². The number of aromatic nitrogens is 2. The maximum Gasteiger partial charge on any atom is 0.243 e. The molecule has 1 saturated heterocycles. The number of piperidine rings is 1. The molecule has 1 aliphatic heterocycles. The molecule has 30 heavy (non-hydrogen) atoms. The van der Waals surface area contributed by atoms with Crippen LogP contribution >= 0.6 is 0 Å². The average Bonchev–Trinajstić information content (AvgIpc) is 3.41. The predicted octanol–water partition coefficient (Wildman–Crippen LogP) is 3.56. The van der Waals surface area contributed by atoms with E-state index in [2.05, 4.69) is 21.5 Å². The van der Waals surface area contributed by atoms with Gasteiger partial charge in [0, 0.05) is 48.1 Å². The van der Waals surface area contributed by atoms with Gasteiger partial charge in [-0.3, -0.25) is 4.79 Å².